The standard InChI is InChI=1S/C10H10N2O8S/c11-21(16,17)18-5-8-9(20-10(13)19-8)6-3-1-2-4-7(6)12(14)15/h1-4,8-9H,5H2,(H2,11,16,17)/t8-,9-/m0/s1. The molecule has 1 aromatic rings. The van der Waals surface area contributed by atoms with Gasteiger partial charge in [0, 0.05) is 6.07 Å². The van der Waals surface area contributed by atoms with Crippen molar-refractivity contribution in [2.75, 3.05) is 6.61 Å². The fraction of sp³-hybridized carbons (Fsp3) is 0.300. The lowest BCUT2D eigenvalue weighted by atomic mass is 10.0. The quantitative estimate of drug-likeness (QED) is 0.465. The molecule has 1 saturated heterocycles. The fourth-order valence-corrected chi connectivity index (χ4v) is 2.16. The summed E-state index contributed by atoms with van der Waals surface area (Å²) in [5.74, 6) is 0. The predicted octanol–water partition coefficient (Wildman–Crippen LogP) is 0.391. The van der Waals surface area contributed by atoms with Crippen molar-refractivity contribution in [3.63, 3.8) is 0 Å². The van der Waals surface area contributed by atoms with Gasteiger partial charge in [-0.1, -0.05) is 12.1 Å². The van der Waals surface area contributed by atoms with E-state index in [2.05, 4.69) is 9.32 Å². The maximum absolute atomic E-state index is 11.2. The van der Waals surface area contributed by atoms with Gasteiger partial charge in [0.25, 0.3) is 5.69 Å². The van der Waals surface area contributed by atoms with Crippen LogP contribution in [0.3, 0.4) is 0 Å². The third-order valence-electron chi connectivity index (χ3n) is 2.65. The number of rotatable bonds is 5. The first-order valence-electron chi connectivity index (χ1n) is 5.55. The molecule has 114 valence electrons. The van der Waals surface area contributed by atoms with Crippen molar-refractivity contribution in [2.24, 2.45) is 5.14 Å². The molecule has 0 radical (unpaired) electrons. The molecule has 1 heterocycles. The number of benzene rings is 1. The highest BCUT2D eigenvalue weighted by Gasteiger charge is 2.41. The van der Waals surface area contributed by atoms with Gasteiger partial charge in [-0.25, -0.2) is 9.93 Å². The van der Waals surface area contributed by atoms with Crippen molar-refractivity contribution >= 4 is 22.1 Å². The average molecular weight is 318 g/mol. The van der Waals surface area contributed by atoms with E-state index in [1.807, 2.05) is 0 Å². The van der Waals surface area contributed by atoms with E-state index in [-0.39, 0.29) is 11.3 Å². The highest BCUT2D eigenvalue weighted by molar-refractivity contribution is 7.84. The zero-order chi connectivity index (χ0) is 15.6. The molecule has 1 aliphatic heterocycles. The molecule has 2 N–H and O–H groups in total. The lowest BCUT2D eigenvalue weighted by molar-refractivity contribution is -0.386. The van der Waals surface area contributed by atoms with Gasteiger partial charge in [0.15, 0.2) is 12.2 Å². The number of cyclic esters (lactones) is 2. The van der Waals surface area contributed by atoms with Crippen LogP contribution in [0, 0.1) is 10.1 Å². The highest BCUT2D eigenvalue weighted by Crippen LogP contribution is 2.35. The molecule has 2 atom stereocenters. The van der Waals surface area contributed by atoms with E-state index < -0.39 is 40.2 Å². The Morgan fingerprint density at radius 1 is 1.33 bits per heavy atom. The lowest BCUT2D eigenvalue weighted by Gasteiger charge is -2.14. The van der Waals surface area contributed by atoms with Crippen LogP contribution in [-0.2, 0) is 24.0 Å². The van der Waals surface area contributed by atoms with E-state index in [4.69, 9.17) is 9.47 Å². The normalized spacial score (nSPS) is 21.7. The topological polar surface area (TPSA) is 148 Å². The largest absolute Gasteiger partial charge is 0.509 e. The Balaban J connectivity index is 2.28. The fourth-order valence-electron chi connectivity index (χ4n) is 1.83. The van der Waals surface area contributed by atoms with Gasteiger partial charge < -0.3 is 9.47 Å². The van der Waals surface area contributed by atoms with E-state index in [9.17, 15) is 23.3 Å². The number of nitro benzene ring substituents is 1. The van der Waals surface area contributed by atoms with Gasteiger partial charge in [0.2, 0.25) is 0 Å². The number of ether oxygens (including phenoxy) is 2. The molecular formula is C10H10N2O8S. The molecule has 10 nitrogen and oxygen atoms in total. The second kappa shape index (κ2) is 5.63. The van der Waals surface area contributed by atoms with Crippen molar-refractivity contribution in [3.8, 4) is 0 Å². The van der Waals surface area contributed by atoms with Gasteiger partial charge in [0.05, 0.1) is 10.5 Å². The van der Waals surface area contributed by atoms with E-state index >= 15 is 0 Å². The summed E-state index contributed by atoms with van der Waals surface area (Å²) in [6.45, 7) is -0.610. The lowest BCUT2D eigenvalue weighted by Crippen LogP contribution is -2.27. The maximum Gasteiger partial charge on any atom is 0.509 e. The zero-order valence-corrected chi connectivity index (χ0v) is 11.2. The molecule has 1 fully saturated rings. The van der Waals surface area contributed by atoms with Crippen LogP contribution in [0.2, 0.25) is 0 Å². The van der Waals surface area contributed by atoms with E-state index in [0.717, 1.165) is 0 Å². The number of nitrogens with two attached hydrogens (primary N) is 1. The van der Waals surface area contributed by atoms with Gasteiger partial charge in [-0.2, -0.15) is 8.42 Å². The van der Waals surface area contributed by atoms with Crippen LogP contribution in [0.4, 0.5) is 10.5 Å². The third-order valence-corrected chi connectivity index (χ3v) is 3.11. The Kier molecular flexibility index (Phi) is 4.06. The van der Waals surface area contributed by atoms with Crippen molar-refractivity contribution in [1.29, 1.82) is 0 Å². The monoisotopic (exact) mass is 318 g/mol. The van der Waals surface area contributed by atoms with Crippen molar-refractivity contribution in [3.05, 3.63) is 39.9 Å². The van der Waals surface area contributed by atoms with E-state index in [0.29, 0.717) is 0 Å². The predicted molar refractivity (Wildman–Crippen MR) is 66.3 cm³/mol. The molecule has 0 amide bonds. The first kappa shape index (κ1) is 15.2. The van der Waals surface area contributed by atoms with Gasteiger partial charge in [-0.3, -0.25) is 14.3 Å². The summed E-state index contributed by atoms with van der Waals surface area (Å²) in [6, 6.07) is 5.54. The molecular weight excluding hydrogens is 308 g/mol. The van der Waals surface area contributed by atoms with Gasteiger partial charge >= 0.3 is 16.5 Å². The first-order valence-corrected chi connectivity index (χ1v) is 7.03. The van der Waals surface area contributed by atoms with Crippen molar-refractivity contribution in [1.82, 2.24) is 0 Å². The number of carbonyl (C=O) groups is 1. The molecule has 2 rings (SSSR count). The van der Waals surface area contributed by atoms with E-state index in [1.165, 1.54) is 24.3 Å². The molecule has 0 aliphatic carbocycles. The third kappa shape index (κ3) is 3.65. The van der Waals surface area contributed by atoms with Crippen LogP contribution in [-0.4, -0.2) is 32.2 Å². The molecule has 1 aromatic carbocycles. The summed E-state index contributed by atoms with van der Waals surface area (Å²) < 4.78 is 35.4. The summed E-state index contributed by atoms with van der Waals surface area (Å²) in [5.41, 5.74) is -0.224. The summed E-state index contributed by atoms with van der Waals surface area (Å²) >= 11 is 0. The number of hydrogen-bond donors (Lipinski definition) is 1. The molecule has 21 heavy (non-hydrogen) atoms. The number of nitro groups is 1. The summed E-state index contributed by atoms with van der Waals surface area (Å²) in [6.07, 6.45) is -3.42. The average Bonchev–Trinajstić information content (AvgIpc) is 2.76. The Morgan fingerprint density at radius 2 is 2.00 bits per heavy atom. The number of hydrogen-bond acceptors (Lipinski definition) is 8. The summed E-state index contributed by atoms with van der Waals surface area (Å²) in [4.78, 5) is 21.5. The Labute approximate surface area is 118 Å². The van der Waals surface area contributed by atoms with Crippen LogP contribution in [0.5, 0.6) is 0 Å². The molecule has 0 aromatic heterocycles. The SMILES string of the molecule is NS(=O)(=O)OC[C@@H]1OC(=O)O[C@H]1c1ccccc1[N+](=O)[O-]. The smallest absolute Gasteiger partial charge is 0.424 e. The van der Waals surface area contributed by atoms with Gasteiger partial charge in [-0.15, -0.1) is 0 Å². The Bertz CT molecular complexity index is 673. The van der Waals surface area contributed by atoms with E-state index in [1.54, 1.807) is 0 Å². The van der Waals surface area contributed by atoms with Crippen LogP contribution >= 0.6 is 0 Å². The molecule has 11 heteroatoms. The van der Waals surface area contributed by atoms with Crippen molar-refractivity contribution < 1.29 is 31.8 Å². The molecule has 0 bridgehead atoms. The first-order chi connectivity index (χ1) is 9.78. The van der Waals surface area contributed by atoms with Crippen LogP contribution in [0.15, 0.2) is 24.3 Å². The van der Waals surface area contributed by atoms with Gasteiger partial charge in [-0.05, 0) is 6.07 Å². The number of nitrogens with zero attached hydrogens (tertiary/aromatic N) is 1. The maximum atomic E-state index is 11.2. The second-order valence-electron chi connectivity index (χ2n) is 4.04. The Morgan fingerprint density at radius 3 is 2.62 bits per heavy atom. The number of carbonyl (C=O) groups excluding carboxylic acids is 1. The minimum absolute atomic E-state index is 0.0661. The molecule has 0 saturated carbocycles. The van der Waals surface area contributed by atoms with Gasteiger partial charge in [0.1, 0.15) is 6.61 Å². The van der Waals surface area contributed by atoms with Crippen LogP contribution in [0.1, 0.15) is 11.7 Å². The summed E-state index contributed by atoms with van der Waals surface area (Å²) in [7, 11) is -4.24. The minimum Gasteiger partial charge on any atom is -0.424 e. The zero-order valence-electron chi connectivity index (χ0n) is 10.4. The molecule has 0 spiro atoms. The van der Waals surface area contributed by atoms with Crippen LogP contribution < -0.4 is 5.14 Å². The molecule has 1 aliphatic rings. The molecule has 0 unspecified atom stereocenters. The van der Waals surface area contributed by atoms with Crippen LogP contribution in [0.25, 0.3) is 0 Å². The minimum atomic E-state index is -4.24. The Hall–Kier alpha value is -2.24. The summed E-state index contributed by atoms with van der Waals surface area (Å²) in [5, 5.41) is 15.6. The highest BCUT2D eigenvalue weighted by atomic mass is 32.2. The number of para-hydroxylation sites is 1. The van der Waals surface area contributed by atoms with Crippen molar-refractivity contribution in [2.45, 2.75) is 12.2 Å². The second-order valence-corrected chi connectivity index (χ2v) is 5.26.